The highest BCUT2D eigenvalue weighted by molar-refractivity contribution is 5.36. The van der Waals surface area contributed by atoms with Crippen molar-refractivity contribution >= 4 is 0 Å². The summed E-state index contributed by atoms with van der Waals surface area (Å²) < 4.78 is 5.28. The molecule has 2 heteroatoms. The zero-order valence-corrected chi connectivity index (χ0v) is 7.16. The van der Waals surface area contributed by atoms with Crippen molar-refractivity contribution in [2.45, 2.75) is 18.6 Å². The van der Waals surface area contributed by atoms with E-state index in [2.05, 4.69) is 12.1 Å². The van der Waals surface area contributed by atoms with Crippen LogP contribution in [-0.2, 0) is 11.2 Å². The van der Waals surface area contributed by atoms with E-state index >= 15 is 0 Å². The number of ether oxygens (including phenoxy) is 1. The molecule has 2 N–H and O–H groups in total. The number of hydrogen-bond donors (Lipinski definition) is 1. The van der Waals surface area contributed by atoms with E-state index in [1.54, 1.807) is 7.11 Å². The Hall–Kier alpha value is -0.860. The lowest BCUT2D eigenvalue weighted by atomic mass is 10.1. The number of hydrogen-bond acceptors (Lipinski definition) is 2. The Morgan fingerprint density at radius 3 is 2.83 bits per heavy atom. The molecule has 0 amide bonds. The highest BCUT2D eigenvalue weighted by atomic mass is 16.5. The fourth-order valence-electron chi connectivity index (χ4n) is 1.82. The molecule has 2 rings (SSSR count). The predicted octanol–water partition coefficient (Wildman–Crippen LogP) is 1.26. The average molecular weight is 163 g/mol. The molecule has 0 aliphatic heterocycles. The van der Waals surface area contributed by atoms with Crippen LogP contribution < -0.4 is 5.73 Å². The zero-order valence-electron chi connectivity index (χ0n) is 7.16. The van der Waals surface area contributed by atoms with Crippen molar-refractivity contribution in [1.29, 1.82) is 0 Å². The summed E-state index contributed by atoms with van der Waals surface area (Å²) in [6, 6.07) is 8.33. The Bertz CT molecular complexity index is 285. The molecular formula is C10H13NO. The predicted molar refractivity (Wildman–Crippen MR) is 47.9 cm³/mol. The van der Waals surface area contributed by atoms with E-state index in [-0.39, 0.29) is 12.1 Å². The molecule has 64 valence electrons. The number of nitrogens with two attached hydrogens (primary N) is 1. The molecule has 12 heavy (non-hydrogen) atoms. The van der Waals surface area contributed by atoms with Crippen LogP contribution in [0.2, 0.25) is 0 Å². The van der Waals surface area contributed by atoms with Gasteiger partial charge >= 0.3 is 0 Å². The molecule has 1 aromatic rings. The maximum atomic E-state index is 5.98. The molecule has 0 heterocycles. The van der Waals surface area contributed by atoms with Gasteiger partial charge in [-0.05, 0) is 11.1 Å². The molecule has 0 aromatic heterocycles. The zero-order chi connectivity index (χ0) is 8.55. The Kier molecular flexibility index (Phi) is 1.87. The highest BCUT2D eigenvalue weighted by Crippen LogP contribution is 2.30. The monoisotopic (exact) mass is 163 g/mol. The van der Waals surface area contributed by atoms with E-state index in [9.17, 15) is 0 Å². The van der Waals surface area contributed by atoms with Crippen molar-refractivity contribution in [1.82, 2.24) is 0 Å². The number of fused-ring (bicyclic) bond motifs is 1. The van der Waals surface area contributed by atoms with Gasteiger partial charge in [0.25, 0.3) is 0 Å². The van der Waals surface area contributed by atoms with Gasteiger partial charge in [-0.15, -0.1) is 0 Å². The van der Waals surface area contributed by atoms with Gasteiger partial charge < -0.3 is 10.5 Å². The van der Waals surface area contributed by atoms with Gasteiger partial charge in [0.2, 0.25) is 0 Å². The lowest BCUT2D eigenvalue weighted by Gasteiger charge is -2.13. The van der Waals surface area contributed by atoms with Crippen LogP contribution in [0.15, 0.2) is 24.3 Å². The second-order valence-corrected chi connectivity index (χ2v) is 3.20. The van der Waals surface area contributed by atoms with Crippen LogP contribution in [0.5, 0.6) is 0 Å². The van der Waals surface area contributed by atoms with Crippen molar-refractivity contribution in [3.63, 3.8) is 0 Å². The Morgan fingerprint density at radius 2 is 2.17 bits per heavy atom. The Labute approximate surface area is 72.3 Å². The topological polar surface area (TPSA) is 35.2 Å². The summed E-state index contributed by atoms with van der Waals surface area (Å²) in [5, 5.41) is 0. The van der Waals surface area contributed by atoms with E-state index in [0.717, 1.165) is 6.42 Å². The van der Waals surface area contributed by atoms with Gasteiger partial charge in [-0.25, -0.2) is 0 Å². The third-order valence-corrected chi connectivity index (χ3v) is 2.54. The van der Waals surface area contributed by atoms with Crippen LogP contribution in [0, 0.1) is 0 Å². The van der Waals surface area contributed by atoms with Crippen LogP contribution in [-0.4, -0.2) is 13.2 Å². The van der Waals surface area contributed by atoms with E-state index in [0.29, 0.717) is 0 Å². The lowest BCUT2D eigenvalue weighted by molar-refractivity contribution is 0.0907. The summed E-state index contributed by atoms with van der Waals surface area (Å²) in [6.07, 6.45) is 1.12. The molecule has 0 radical (unpaired) electrons. The Morgan fingerprint density at radius 1 is 1.42 bits per heavy atom. The molecular weight excluding hydrogens is 150 g/mol. The second kappa shape index (κ2) is 2.88. The molecule has 1 aliphatic rings. The maximum Gasteiger partial charge on any atom is 0.0804 e. The number of benzene rings is 1. The molecule has 0 bridgehead atoms. The highest BCUT2D eigenvalue weighted by Gasteiger charge is 2.28. The minimum atomic E-state index is 0.0613. The van der Waals surface area contributed by atoms with Gasteiger partial charge in [-0.2, -0.15) is 0 Å². The quantitative estimate of drug-likeness (QED) is 0.676. The number of rotatable bonds is 1. The molecule has 0 saturated heterocycles. The smallest absolute Gasteiger partial charge is 0.0804 e. The molecule has 1 aliphatic carbocycles. The van der Waals surface area contributed by atoms with Crippen molar-refractivity contribution < 1.29 is 4.74 Å². The van der Waals surface area contributed by atoms with Crippen LogP contribution >= 0.6 is 0 Å². The molecule has 0 fully saturated rings. The summed E-state index contributed by atoms with van der Waals surface area (Å²) in [4.78, 5) is 0. The Balaban J connectivity index is 2.35. The van der Waals surface area contributed by atoms with Crippen molar-refractivity contribution in [3.05, 3.63) is 35.4 Å². The molecule has 0 unspecified atom stereocenters. The summed E-state index contributed by atoms with van der Waals surface area (Å²) >= 11 is 0. The van der Waals surface area contributed by atoms with E-state index in [1.807, 2.05) is 12.1 Å². The van der Waals surface area contributed by atoms with Crippen molar-refractivity contribution in [2.75, 3.05) is 7.11 Å². The molecule has 0 spiro atoms. The first-order valence-electron chi connectivity index (χ1n) is 4.19. The summed E-state index contributed by atoms with van der Waals surface area (Å²) in [6.45, 7) is 0. The van der Waals surface area contributed by atoms with Crippen LogP contribution in [0.4, 0.5) is 0 Å². The first-order chi connectivity index (χ1) is 5.83. The average Bonchev–Trinajstić information content (AvgIpc) is 2.44. The normalized spacial score (nSPS) is 27.2. The SMILES string of the molecule is CO[C@@H]1Cc2ccccc2[C@H]1N. The summed E-state index contributed by atoms with van der Waals surface area (Å²) in [5.41, 5.74) is 8.55. The van der Waals surface area contributed by atoms with Crippen LogP contribution in [0.3, 0.4) is 0 Å². The minimum absolute atomic E-state index is 0.0613. The third-order valence-electron chi connectivity index (χ3n) is 2.54. The lowest BCUT2D eigenvalue weighted by Crippen LogP contribution is -2.23. The summed E-state index contributed by atoms with van der Waals surface area (Å²) in [5.74, 6) is 0. The van der Waals surface area contributed by atoms with Gasteiger partial charge in [-0.3, -0.25) is 0 Å². The van der Waals surface area contributed by atoms with Gasteiger partial charge in [-0.1, -0.05) is 24.3 Å². The largest absolute Gasteiger partial charge is 0.379 e. The van der Waals surface area contributed by atoms with Gasteiger partial charge in [0, 0.05) is 13.5 Å². The molecule has 1 aromatic carbocycles. The maximum absolute atomic E-state index is 5.98. The molecule has 2 atom stereocenters. The first kappa shape index (κ1) is 7.77. The summed E-state index contributed by atoms with van der Waals surface area (Å²) in [7, 11) is 1.72. The van der Waals surface area contributed by atoms with Crippen LogP contribution in [0.1, 0.15) is 17.2 Å². The number of methoxy groups -OCH3 is 1. The van der Waals surface area contributed by atoms with Crippen molar-refractivity contribution in [2.24, 2.45) is 5.73 Å². The minimum Gasteiger partial charge on any atom is -0.379 e. The van der Waals surface area contributed by atoms with Crippen molar-refractivity contribution in [3.8, 4) is 0 Å². The third kappa shape index (κ3) is 1.04. The first-order valence-corrected chi connectivity index (χ1v) is 4.19. The standard InChI is InChI=1S/C10H13NO/c1-12-9-6-7-4-2-3-5-8(7)10(9)11/h2-5,9-10H,6,11H2,1H3/t9-,10-/m1/s1. The molecule has 2 nitrogen and oxygen atoms in total. The van der Waals surface area contributed by atoms with E-state index in [4.69, 9.17) is 10.5 Å². The van der Waals surface area contributed by atoms with Gasteiger partial charge in [0.1, 0.15) is 0 Å². The van der Waals surface area contributed by atoms with Crippen LogP contribution in [0.25, 0.3) is 0 Å². The fraction of sp³-hybridized carbons (Fsp3) is 0.400. The fourth-order valence-corrected chi connectivity index (χ4v) is 1.82. The van der Waals surface area contributed by atoms with Gasteiger partial charge in [0.05, 0.1) is 12.1 Å². The van der Waals surface area contributed by atoms with E-state index < -0.39 is 0 Å². The van der Waals surface area contributed by atoms with Gasteiger partial charge in [0.15, 0.2) is 0 Å². The second-order valence-electron chi connectivity index (χ2n) is 3.20. The molecule has 0 saturated carbocycles. The van der Waals surface area contributed by atoms with E-state index in [1.165, 1.54) is 11.1 Å².